The van der Waals surface area contributed by atoms with Gasteiger partial charge in [-0.15, -0.1) is 0 Å². The van der Waals surface area contributed by atoms with Crippen molar-refractivity contribution in [1.82, 2.24) is 0 Å². The monoisotopic (exact) mass is 254 g/mol. The Hall–Kier alpha value is -0.860. The number of ether oxygens (including phenoxy) is 1. The molecule has 0 heterocycles. The molecule has 0 aromatic carbocycles. The van der Waals surface area contributed by atoms with Crippen molar-refractivity contribution >= 4 is 0 Å². The van der Waals surface area contributed by atoms with Crippen LogP contribution in [-0.4, -0.2) is 25.9 Å². The van der Waals surface area contributed by atoms with E-state index in [0.717, 1.165) is 33.0 Å². The molecule has 0 aliphatic carbocycles. The first-order chi connectivity index (χ1) is 8.58. The van der Waals surface area contributed by atoms with Gasteiger partial charge in [-0.25, -0.2) is 0 Å². The normalized spacial score (nSPS) is 12.2. The topological polar surface area (TPSA) is 29.5 Å². The number of methoxy groups -OCH3 is 1. The molecule has 0 unspecified atom stereocenters. The standard InChI is InChI=1S/C15H26O.CH4O/c1-6-8-9-11-14(10-7-2)15(3,4)12-13-16-5;1-2/h7-10H,2,6,11-13H2,1,3-5H3;2H,1H3/b9-8-,14-10+;. The molecular weight excluding hydrogens is 224 g/mol. The fourth-order valence-corrected chi connectivity index (χ4v) is 1.61. The summed E-state index contributed by atoms with van der Waals surface area (Å²) in [4.78, 5) is 0. The molecule has 0 amide bonds. The summed E-state index contributed by atoms with van der Waals surface area (Å²) >= 11 is 0. The lowest BCUT2D eigenvalue weighted by molar-refractivity contribution is 0.164. The second-order valence-electron chi connectivity index (χ2n) is 4.64. The van der Waals surface area contributed by atoms with E-state index in [0.29, 0.717) is 0 Å². The van der Waals surface area contributed by atoms with Gasteiger partial charge in [0.05, 0.1) is 0 Å². The third-order valence-corrected chi connectivity index (χ3v) is 2.86. The van der Waals surface area contributed by atoms with Crippen LogP contribution in [-0.2, 0) is 4.74 Å². The van der Waals surface area contributed by atoms with E-state index in [1.54, 1.807) is 7.11 Å². The van der Waals surface area contributed by atoms with E-state index in [1.807, 2.05) is 6.08 Å². The molecule has 0 aromatic rings. The molecule has 0 atom stereocenters. The van der Waals surface area contributed by atoms with Crippen molar-refractivity contribution in [2.45, 2.75) is 40.0 Å². The molecule has 0 fully saturated rings. The van der Waals surface area contributed by atoms with Crippen molar-refractivity contribution in [3.8, 4) is 0 Å². The van der Waals surface area contributed by atoms with Gasteiger partial charge < -0.3 is 9.84 Å². The van der Waals surface area contributed by atoms with Crippen LogP contribution in [0.1, 0.15) is 40.0 Å². The zero-order valence-corrected chi connectivity index (χ0v) is 12.7. The lowest BCUT2D eigenvalue weighted by Gasteiger charge is -2.27. The molecule has 2 heteroatoms. The molecule has 1 N–H and O–H groups in total. The van der Waals surface area contributed by atoms with Crippen molar-refractivity contribution < 1.29 is 9.84 Å². The van der Waals surface area contributed by atoms with Crippen LogP contribution in [0.2, 0.25) is 0 Å². The highest BCUT2D eigenvalue weighted by Gasteiger charge is 2.21. The molecule has 0 rings (SSSR count). The van der Waals surface area contributed by atoms with Crippen molar-refractivity contribution in [1.29, 1.82) is 0 Å². The van der Waals surface area contributed by atoms with Crippen molar-refractivity contribution in [2.75, 3.05) is 20.8 Å². The number of rotatable bonds is 8. The van der Waals surface area contributed by atoms with Crippen molar-refractivity contribution in [3.63, 3.8) is 0 Å². The first-order valence-corrected chi connectivity index (χ1v) is 6.49. The Labute approximate surface area is 113 Å². The predicted octanol–water partition coefficient (Wildman–Crippen LogP) is 4.13. The molecule has 18 heavy (non-hydrogen) atoms. The molecule has 0 bridgehead atoms. The summed E-state index contributed by atoms with van der Waals surface area (Å²) in [5, 5.41) is 7.00. The molecule has 0 radical (unpaired) electrons. The number of hydrogen-bond donors (Lipinski definition) is 1. The van der Waals surface area contributed by atoms with Crippen molar-refractivity contribution in [3.05, 3.63) is 36.5 Å². The number of aliphatic hydroxyl groups excluding tert-OH is 1. The van der Waals surface area contributed by atoms with Crippen LogP contribution in [0.25, 0.3) is 0 Å². The number of allylic oxidation sites excluding steroid dienone is 5. The second-order valence-corrected chi connectivity index (χ2v) is 4.64. The van der Waals surface area contributed by atoms with Crippen LogP contribution in [0.15, 0.2) is 36.5 Å². The zero-order valence-electron chi connectivity index (χ0n) is 12.7. The van der Waals surface area contributed by atoms with Gasteiger partial charge in [-0.2, -0.15) is 0 Å². The lowest BCUT2D eigenvalue weighted by atomic mass is 9.79. The van der Waals surface area contributed by atoms with Gasteiger partial charge in [-0.05, 0) is 24.7 Å². The van der Waals surface area contributed by atoms with Gasteiger partial charge in [-0.3, -0.25) is 0 Å². The fourth-order valence-electron chi connectivity index (χ4n) is 1.61. The fraction of sp³-hybridized carbons (Fsp3) is 0.625. The van der Waals surface area contributed by atoms with Crippen LogP contribution >= 0.6 is 0 Å². The minimum atomic E-state index is 0.183. The van der Waals surface area contributed by atoms with Gasteiger partial charge in [0.2, 0.25) is 0 Å². The van der Waals surface area contributed by atoms with Crippen molar-refractivity contribution in [2.24, 2.45) is 5.41 Å². The second kappa shape index (κ2) is 12.6. The number of aliphatic hydroxyl groups is 1. The molecular formula is C16H30O2. The quantitative estimate of drug-likeness (QED) is 0.521. The van der Waals surface area contributed by atoms with E-state index < -0.39 is 0 Å². The van der Waals surface area contributed by atoms with E-state index in [-0.39, 0.29) is 5.41 Å². The Morgan fingerprint density at radius 3 is 2.33 bits per heavy atom. The first-order valence-electron chi connectivity index (χ1n) is 6.49. The van der Waals surface area contributed by atoms with E-state index in [9.17, 15) is 0 Å². The zero-order chi connectivity index (χ0) is 14.4. The van der Waals surface area contributed by atoms with Gasteiger partial charge in [0.15, 0.2) is 0 Å². The summed E-state index contributed by atoms with van der Waals surface area (Å²) in [5.41, 5.74) is 1.60. The predicted molar refractivity (Wildman–Crippen MR) is 80.7 cm³/mol. The summed E-state index contributed by atoms with van der Waals surface area (Å²) in [6.07, 6.45) is 11.6. The third-order valence-electron chi connectivity index (χ3n) is 2.86. The Morgan fingerprint density at radius 1 is 1.28 bits per heavy atom. The third kappa shape index (κ3) is 9.20. The summed E-state index contributed by atoms with van der Waals surface area (Å²) in [6.45, 7) is 11.3. The minimum absolute atomic E-state index is 0.183. The molecule has 0 saturated carbocycles. The van der Waals surface area contributed by atoms with Crippen LogP contribution in [0, 0.1) is 5.41 Å². The summed E-state index contributed by atoms with van der Waals surface area (Å²) in [5.74, 6) is 0. The maximum Gasteiger partial charge on any atom is 0.0470 e. The van der Waals surface area contributed by atoms with E-state index in [1.165, 1.54) is 5.57 Å². The maximum atomic E-state index is 7.00. The maximum absolute atomic E-state index is 7.00. The van der Waals surface area contributed by atoms with E-state index in [4.69, 9.17) is 9.84 Å². The summed E-state index contributed by atoms with van der Waals surface area (Å²) < 4.78 is 5.16. The number of hydrogen-bond acceptors (Lipinski definition) is 2. The van der Waals surface area contributed by atoms with Gasteiger partial charge in [0.25, 0.3) is 0 Å². The van der Waals surface area contributed by atoms with E-state index >= 15 is 0 Å². The first kappa shape index (κ1) is 19.5. The highest BCUT2D eigenvalue weighted by Crippen LogP contribution is 2.32. The van der Waals surface area contributed by atoms with Gasteiger partial charge in [0, 0.05) is 20.8 Å². The van der Waals surface area contributed by atoms with E-state index in [2.05, 4.69) is 45.6 Å². The minimum Gasteiger partial charge on any atom is -0.400 e. The molecule has 2 nitrogen and oxygen atoms in total. The summed E-state index contributed by atoms with van der Waals surface area (Å²) in [6, 6.07) is 0. The molecule has 106 valence electrons. The Morgan fingerprint density at radius 2 is 1.89 bits per heavy atom. The Balaban J connectivity index is 0. The van der Waals surface area contributed by atoms with Gasteiger partial charge in [-0.1, -0.05) is 57.2 Å². The average molecular weight is 254 g/mol. The molecule has 0 saturated heterocycles. The molecule has 0 spiro atoms. The average Bonchev–Trinajstić information content (AvgIpc) is 2.38. The largest absolute Gasteiger partial charge is 0.400 e. The molecule has 0 aromatic heterocycles. The highest BCUT2D eigenvalue weighted by molar-refractivity contribution is 5.20. The Bertz CT molecular complexity index is 250. The highest BCUT2D eigenvalue weighted by atomic mass is 16.5. The Kier molecular flexibility index (Phi) is 13.6. The van der Waals surface area contributed by atoms with Gasteiger partial charge >= 0.3 is 0 Å². The smallest absolute Gasteiger partial charge is 0.0470 e. The summed E-state index contributed by atoms with van der Waals surface area (Å²) in [7, 11) is 2.75. The van der Waals surface area contributed by atoms with Crippen LogP contribution in [0.5, 0.6) is 0 Å². The van der Waals surface area contributed by atoms with Crippen LogP contribution < -0.4 is 0 Å². The van der Waals surface area contributed by atoms with Crippen LogP contribution in [0.4, 0.5) is 0 Å². The van der Waals surface area contributed by atoms with Gasteiger partial charge in [0.1, 0.15) is 0 Å². The SMILES string of the molecule is C=C/C=C(\C/C=C\CC)C(C)(C)CCOC.CO. The lowest BCUT2D eigenvalue weighted by Crippen LogP contribution is -2.17. The molecule has 0 aliphatic rings. The molecule has 0 aliphatic heterocycles. The van der Waals surface area contributed by atoms with Crippen LogP contribution in [0.3, 0.4) is 0 Å².